The summed E-state index contributed by atoms with van der Waals surface area (Å²) in [4.78, 5) is 1.28. The fourth-order valence-corrected chi connectivity index (χ4v) is 1.44. The summed E-state index contributed by atoms with van der Waals surface area (Å²) >= 11 is 1.75. The van der Waals surface area contributed by atoms with Gasteiger partial charge in [0.15, 0.2) is 0 Å². The van der Waals surface area contributed by atoms with Crippen LogP contribution in [0.15, 0.2) is 29.2 Å². The Morgan fingerprint density at radius 3 is 3.00 bits per heavy atom. The highest BCUT2D eigenvalue weighted by atomic mass is 32.2. The van der Waals surface area contributed by atoms with Crippen molar-refractivity contribution in [3.05, 3.63) is 36.8 Å². The van der Waals surface area contributed by atoms with Crippen molar-refractivity contribution in [2.75, 3.05) is 12.9 Å². The molecular formula is C10H13OS. The molecule has 0 aliphatic carbocycles. The van der Waals surface area contributed by atoms with E-state index in [4.69, 9.17) is 4.74 Å². The van der Waals surface area contributed by atoms with Gasteiger partial charge in [0.1, 0.15) is 0 Å². The summed E-state index contributed by atoms with van der Waals surface area (Å²) in [6, 6.07) is 8.35. The van der Waals surface area contributed by atoms with Gasteiger partial charge in [-0.15, -0.1) is 11.8 Å². The van der Waals surface area contributed by atoms with Crippen LogP contribution < -0.4 is 0 Å². The zero-order valence-corrected chi connectivity index (χ0v) is 8.06. The van der Waals surface area contributed by atoms with Crippen LogP contribution in [0.4, 0.5) is 0 Å². The number of rotatable bonds is 4. The second-order valence-corrected chi connectivity index (χ2v) is 3.28. The number of benzene rings is 1. The smallest absolute Gasteiger partial charge is 0.0717 e. The molecule has 65 valence electrons. The SMILES string of the molecule is [CH2]COCc1cccc(SC)c1. The Morgan fingerprint density at radius 2 is 2.33 bits per heavy atom. The average Bonchev–Trinajstić information content (AvgIpc) is 2.15. The van der Waals surface area contributed by atoms with E-state index >= 15 is 0 Å². The number of thioether (sulfide) groups is 1. The van der Waals surface area contributed by atoms with Gasteiger partial charge in [0.25, 0.3) is 0 Å². The molecule has 0 aliphatic rings. The molecule has 0 fully saturated rings. The van der Waals surface area contributed by atoms with E-state index in [9.17, 15) is 0 Å². The highest BCUT2D eigenvalue weighted by Gasteiger charge is 1.93. The van der Waals surface area contributed by atoms with Crippen LogP contribution in [0, 0.1) is 6.92 Å². The van der Waals surface area contributed by atoms with Crippen molar-refractivity contribution in [2.45, 2.75) is 11.5 Å². The maximum Gasteiger partial charge on any atom is 0.0717 e. The molecule has 0 saturated carbocycles. The predicted molar refractivity (Wildman–Crippen MR) is 53.2 cm³/mol. The monoisotopic (exact) mass is 181 g/mol. The predicted octanol–water partition coefficient (Wildman–Crippen LogP) is 2.76. The van der Waals surface area contributed by atoms with Gasteiger partial charge in [-0.25, -0.2) is 0 Å². The third kappa shape index (κ3) is 2.88. The molecule has 1 aromatic rings. The van der Waals surface area contributed by atoms with Gasteiger partial charge in [-0.05, 0) is 30.9 Å². The highest BCUT2D eigenvalue weighted by molar-refractivity contribution is 7.98. The normalized spacial score (nSPS) is 10.2. The lowest BCUT2D eigenvalue weighted by molar-refractivity contribution is 0.147. The van der Waals surface area contributed by atoms with Crippen LogP contribution in [0.5, 0.6) is 0 Å². The molecule has 2 heteroatoms. The lowest BCUT2D eigenvalue weighted by atomic mass is 10.2. The van der Waals surface area contributed by atoms with E-state index in [1.54, 1.807) is 11.8 Å². The quantitative estimate of drug-likeness (QED) is 0.660. The van der Waals surface area contributed by atoms with Crippen LogP contribution in [0.1, 0.15) is 5.56 Å². The van der Waals surface area contributed by atoms with Crippen LogP contribution in [0.3, 0.4) is 0 Å². The van der Waals surface area contributed by atoms with Crippen molar-refractivity contribution in [1.82, 2.24) is 0 Å². The molecule has 1 nitrogen and oxygen atoms in total. The van der Waals surface area contributed by atoms with Gasteiger partial charge >= 0.3 is 0 Å². The minimum atomic E-state index is 0.531. The van der Waals surface area contributed by atoms with Gasteiger partial charge in [-0.2, -0.15) is 0 Å². The van der Waals surface area contributed by atoms with E-state index in [0.29, 0.717) is 13.2 Å². The zero-order chi connectivity index (χ0) is 8.81. The van der Waals surface area contributed by atoms with Crippen LogP contribution in [0.2, 0.25) is 0 Å². The van der Waals surface area contributed by atoms with Crippen LogP contribution in [0.25, 0.3) is 0 Å². The van der Waals surface area contributed by atoms with E-state index in [-0.39, 0.29) is 0 Å². The van der Waals surface area contributed by atoms with Gasteiger partial charge < -0.3 is 4.74 Å². The molecule has 0 unspecified atom stereocenters. The van der Waals surface area contributed by atoms with Crippen molar-refractivity contribution in [1.29, 1.82) is 0 Å². The molecular weight excluding hydrogens is 168 g/mol. The molecule has 0 saturated heterocycles. The molecule has 0 bridgehead atoms. The third-order valence-corrected chi connectivity index (χ3v) is 2.27. The maximum atomic E-state index is 5.20. The first-order valence-corrected chi connectivity index (χ1v) is 5.09. The van der Waals surface area contributed by atoms with Crippen molar-refractivity contribution in [3.63, 3.8) is 0 Å². The molecule has 1 rings (SSSR count). The largest absolute Gasteiger partial charge is 0.377 e. The number of ether oxygens (including phenoxy) is 1. The molecule has 0 aliphatic heterocycles. The zero-order valence-electron chi connectivity index (χ0n) is 7.25. The standard InChI is InChI=1S/C10H13OS/c1-3-11-8-9-5-4-6-10(7-9)12-2/h4-7H,1,3,8H2,2H3. The summed E-state index contributed by atoms with van der Waals surface area (Å²) in [5, 5.41) is 0. The van der Waals surface area contributed by atoms with Gasteiger partial charge in [0.2, 0.25) is 0 Å². The second-order valence-electron chi connectivity index (χ2n) is 2.40. The molecule has 0 spiro atoms. The number of hydrogen-bond donors (Lipinski definition) is 0. The summed E-state index contributed by atoms with van der Waals surface area (Å²) in [5.74, 6) is 0. The summed E-state index contributed by atoms with van der Waals surface area (Å²) in [7, 11) is 0. The maximum absolute atomic E-state index is 5.20. The minimum Gasteiger partial charge on any atom is -0.377 e. The molecule has 12 heavy (non-hydrogen) atoms. The van der Waals surface area contributed by atoms with E-state index in [2.05, 4.69) is 31.4 Å². The third-order valence-electron chi connectivity index (χ3n) is 1.55. The van der Waals surface area contributed by atoms with E-state index in [1.165, 1.54) is 10.5 Å². The Balaban J connectivity index is 2.60. The van der Waals surface area contributed by atoms with Gasteiger partial charge in [0.05, 0.1) is 6.61 Å². The van der Waals surface area contributed by atoms with E-state index < -0.39 is 0 Å². The van der Waals surface area contributed by atoms with E-state index in [1.807, 2.05) is 6.07 Å². The number of hydrogen-bond acceptors (Lipinski definition) is 2. The molecule has 1 aromatic carbocycles. The topological polar surface area (TPSA) is 9.23 Å². The Labute approximate surface area is 78.1 Å². The molecule has 0 heterocycles. The van der Waals surface area contributed by atoms with Gasteiger partial charge in [0, 0.05) is 11.5 Å². The summed E-state index contributed by atoms with van der Waals surface area (Å²) in [6.45, 7) is 4.81. The van der Waals surface area contributed by atoms with Crippen molar-refractivity contribution in [2.24, 2.45) is 0 Å². The van der Waals surface area contributed by atoms with Gasteiger partial charge in [-0.3, -0.25) is 0 Å². The second kappa shape index (κ2) is 5.22. The molecule has 0 N–H and O–H groups in total. The van der Waals surface area contributed by atoms with Crippen LogP contribution in [-0.4, -0.2) is 12.9 Å². The van der Waals surface area contributed by atoms with Crippen molar-refractivity contribution >= 4 is 11.8 Å². The summed E-state index contributed by atoms with van der Waals surface area (Å²) < 4.78 is 5.20. The average molecular weight is 181 g/mol. The summed E-state index contributed by atoms with van der Waals surface area (Å²) in [6.07, 6.45) is 2.07. The van der Waals surface area contributed by atoms with Gasteiger partial charge in [-0.1, -0.05) is 12.1 Å². The Hall–Kier alpha value is -0.470. The highest BCUT2D eigenvalue weighted by Crippen LogP contribution is 2.16. The van der Waals surface area contributed by atoms with Crippen molar-refractivity contribution in [3.8, 4) is 0 Å². The van der Waals surface area contributed by atoms with Crippen LogP contribution >= 0.6 is 11.8 Å². The first-order valence-electron chi connectivity index (χ1n) is 3.86. The first kappa shape index (κ1) is 9.62. The Kier molecular flexibility index (Phi) is 4.19. The van der Waals surface area contributed by atoms with Crippen LogP contribution in [-0.2, 0) is 11.3 Å². The first-order chi connectivity index (χ1) is 5.86. The fraction of sp³-hybridized carbons (Fsp3) is 0.300. The molecule has 0 atom stereocenters. The molecule has 0 aromatic heterocycles. The van der Waals surface area contributed by atoms with Crippen molar-refractivity contribution < 1.29 is 4.74 Å². The lowest BCUT2D eigenvalue weighted by Crippen LogP contribution is -1.91. The Morgan fingerprint density at radius 1 is 1.50 bits per heavy atom. The summed E-state index contributed by atoms with van der Waals surface area (Å²) in [5.41, 5.74) is 1.21. The lowest BCUT2D eigenvalue weighted by Gasteiger charge is -2.02. The molecule has 1 radical (unpaired) electrons. The Bertz CT molecular complexity index is 235. The minimum absolute atomic E-state index is 0.531. The fourth-order valence-electron chi connectivity index (χ4n) is 0.952. The van der Waals surface area contributed by atoms with E-state index in [0.717, 1.165) is 0 Å². The molecule has 0 amide bonds.